The van der Waals surface area contributed by atoms with Gasteiger partial charge in [-0.3, -0.25) is 9.69 Å². The predicted molar refractivity (Wildman–Crippen MR) is 117 cm³/mol. The van der Waals surface area contributed by atoms with Gasteiger partial charge in [0.15, 0.2) is 0 Å². The number of anilines is 1. The van der Waals surface area contributed by atoms with Crippen LogP contribution in [0.4, 0.5) is 10.1 Å². The lowest BCUT2D eigenvalue weighted by Gasteiger charge is -2.26. The lowest BCUT2D eigenvalue weighted by Crippen LogP contribution is -2.34. The fourth-order valence-electron chi connectivity index (χ4n) is 4.78. The number of nitrogens with two attached hydrogens (primary N) is 1. The number of aryl methyl sites for hydroxylation is 2. The van der Waals surface area contributed by atoms with Crippen molar-refractivity contribution < 1.29 is 14.3 Å². The van der Waals surface area contributed by atoms with Crippen LogP contribution in [0.3, 0.4) is 0 Å². The molecule has 31 heavy (non-hydrogen) atoms. The van der Waals surface area contributed by atoms with Gasteiger partial charge < -0.3 is 15.7 Å². The third-order valence-corrected chi connectivity index (χ3v) is 7.72. The number of benzene rings is 1. The van der Waals surface area contributed by atoms with Gasteiger partial charge in [0.1, 0.15) is 21.8 Å². The molecule has 1 aromatic carbocycles. The van der Waals surface area contributed by atoms with Gasteiger partial charge in [-0.15, -0.1) is 16.4 Å². The molecule has 5 rings (SSSR count). The fourth-order valence-corrected chi connectivity index (χ4v) is 5.85. The van der Waals surface area contributed by atoms with E-state index in [1.54, 1.807) is 12.1 Å². The summed E-state index contributed by atoms with van der Waals surface area (Å²) in [5, 5.41) is 19.9. The van der Waals surface area contributed by atoms with Crippen LogP contribution in [0.1, 0.15) is 32.7 Å². The number of nitrogen functional groups attached to an aromatic ring is 1. The molecule has 7 nitrogen and oxygen atoms in total. The van der Waals surface area contributed by atoms with Gasteiger partial charge in [0.25, 0.3) is 5.91 Å². The van der Waals surface area contributed by atoms with Crippen LogP contribution >= 0.6 is 11.3 Å². The number of carbonyl (C=O) groups excluding carboxylic acids is 1. The van der Waals surface area contributed by atoms with Crippen LogP contribution in [0.5, 0.6) is 0 Å². The van der Waals surface area contributed by atoms with E-state index in [0.717, 1.165) is 16.6 Å². The molecule has 2 aliphatic heterocycles. The number of aliphatic hydroxyl groups excluding tert-OH is 1. The second kappa shape index (κ2) is 7.51. The van der Waals surface area contributed by atoms with Crippen molar-refractivity contribution in [3.05, 3.63) is 51.8 Å². The Morgan fingerprint density at radius 2 is 1.81 bits per heavy atom. The van der Waals surface area contributed by atoms with Crippen LogP contribution in [0, 0.1) is 31.5 Å². The summed E-state index contributed by atoms with van der Waals surface area (Å²) in [4.78, 5) is 18.3. The number of likely N-dealkylation sites (tertiary alicyclic amines) is 2. The van der Waals surface area contributed by atoms with E-state index in [-0.39, 0.29) is 11.7 Å². The quantitative estimate of drug-likeness (QED) is 0.649. The van der Waals surface area contributed by atoms with Gasteiger partial charge in [-0.2, -0.15) is 5.10 Å². The Morgan fingerprint density at radius 1 is 1.16 bits per heavy atom. The first-order valence-corrected chi connectivity index (χ1v) is 11.1. The molecule has 9 heteroatoms. The first-order chi connectivity index (χ1) is 14.8. The molecule has 0 spiro atoms. The maximum atomic E-state index is 13.2. The fraction of sp³-hybridized carbons (Fsp3) is 0.409. The zero-order valence-electron chi connectivity index (χ0n) is 17.4. The molecule has 2 aromatic heterocycles. The van der Waals surface area contributed by atoms with Gasteiger partial charge in [0.05, 0.1) is 11.4 Å². The van der Waals surface area contributed by atoms with Crippen molar-refractivity contribution in [3.8, 4) is 0 Å². The Bertz CT molecular complexity index is 1150. The molecular weight excluding hydrogens is 417 g/mol. The average Bonchev–Trinajstić information content (AvgIpc) is 3.42. The van der Waals surface area contributed by atoms with E-state index in [4.69, 9.17) is 5.73 Å². The molecular formula is C22H24FN5O2S. The molecule has 3 atom stereocenters. The largest absolute Gasteiger partial charge is 0.397 e. The number of thiophene rings is 1. The minimum absolute atomic E-state index is 0.0578. The molecule has 3 N–H and O–H groups in total. The van der Waals surface area contributed by atoms with Crippen LogP contribution in [-0.2, 0) is 0 Å². The SMILES string of the molecule is Cc1nnc2sc(C(=O)N3CC4CN(C(O)c5ccc(F)cc5)CC4C3)c(N)c2c1C. The molecule has 2 fully saturated rings. The number of fused-ring (bicyclic) bond motifs is 2. The van der Waals surface area contributed by atoms with Crippen LogP contribution in [-0.4, -0.2) is 57.2 Å². The van der Waals surface area contributed by atoms with E-state index in [2.05, 4.69) is 10.2 Å². The number of halogens is 1. The molecule has 3 unspecified atom stereocenters. The third kappa shape index (κ3) is 3.37. The number of rotatable bonds is 3. The topological polar surface area (TPSA) is 95.6 Å². The monoisotopic (exact) mass is 441 g/mol. The van der Waals surface area contributed by atoms with Crippen molar-refractivity contribution in [1.82, 2.24) is 20.0 Å². The highest BCUT2D eigenvalue weighted by atomic mass is 32.1. The number of carbonyl (C=O) groups is 1. The molecule has 2 saturated heterocycles. The molecule has 0 saturated carbocycles. The van der Waals surface area contributed by atoms with E-state index >= 15 is 0 Å². The first-order valence-electron chi connectivity index (χ1n) is 10.3. The van der Waals surface area contributed by atoms with Gasteiger partial charge >= 0.3 is 0 Å². The van der Waals surface area contributed by atoms with Crippen LogP contribution in [0.2, 0.25) is 0 Å². The van der Waals surface area contributed by atoms with Gasteiger partial charge in [-0.05, 0) is 48.9 Å². The van der Waals surface area contributed by atoms with E-state index in [1.807, 2.05) is 23.6 Å². The van der Waals surface area contributed by atoms with Crippen molar-refractivity contribution >= 4 is 33.1 Å². The highest BCUT2D eigenvalue weighted by Crippen LogP contribution is 2.39. The van der Waals surface area contributed by atoms with Crippen LogP contribution < -0.4 is 5.73 Å². The third-order valence-electron chi connectivity index (χ3n) is 6.65. The van der Waals surface area contributed by atoms with E-state index in [0.29, 0.717) is 59.0 Å². The molecule has 0 aliphatic carbocycles. The summed E-state index contributed by atoms with van der Waals surface area (Å²) in [5.74, 6) is 0.203. The number of hydrogen-bond donors (Lipinski definition) is 2. The zero-order valence-corrected chi connectivity index (χ0v) is 18.2. The van der Waals surface area contributed by atoms with E-state index < -0.39 is 6.23 Å². The lowest BCUT2D eigenvalue weighted by atomic mass is 10.0. The standard InChI is InChI=1S/C22H24FN5O2S/c1-11-12(2)25-26-20-17(11)18(24)19(31-20)22(30)28-9-14-7-27(8-15(14)10-28)21(29)13-3-5-16(23)6-4-13/h3-6,14-15,21,29H,7-10,24H2,1-2H3. The zero-order chi connectivity index (χ0) is 21.9. The summed E-state index contributed by atoms with van der Waals surface area (Å²) in [6, 6.07) is 5.94. The summed E-state index contributed by atoms with van der Waals surface area (Å²) >= 11 is 1.30. The summed E-state index contributed by atoms with van der Waals surface area (Å²) in [6.45, 7) is 6.48. The predicted octanol–water partition coefficient (Wildman–Crippen LogP) is 2.72. The molecule has 2 aliphatic rings. The van der Waals surface area contributed by atoms with Gasteiger partial charge in [0.2, 0.25) is 0 Å². The van der Waals surface area contributed by atoms with Crippen molar-refractivity contribution in [3.63, 3.8) is 0 Å². The Morgan fingerprint density at radius 3 is 2.45 bits per heavy atom. The normalized spacial score (nSPS) is 22.3. The Hall–Kier alpha value is -2.62. The highest BCUT2D eigenvalue weighted by molar-refractivity contribution is 7.21. The molecule has 4 heterocycles. The highest BCUT2D eigenvalue weighted by Gasteiger charge is 2.44. The molecule has 0 radical (unpaired) electrons. The number of aliphatic hydroxyl groups is 1. The summed E-state index contributed by atoms with van der Waals surface area (Å²) < 4.78 is 13.2. The Labute approximate surface area is 183 Å². The van der Waals surface area contributed by atoms with E-state index in [9.17, 15) is 14.3 Å². The smallest absolute Gasteiger partial charge is 0.266 e. The first kappa shape index (κ1) is 20.3. The van der Waals surface area contributed by atoms with Gasteiger partial charge in [-0.1, -0.05) is 12.1 Å². The van der Waals surface area contributed by atoms with Crippen molar-refractivity contribution in [2.45, 2.75) is 20.1 Å². The second-order valence-corrected chi connectivity index (χ2v) is 9.54. The number of nitrogens with zero attached hydrogens (tertiary/aromatic N) is 4. The van der Waals surface area contributed by atoms with E-state index in [1.165, 1.54) is 23.5 Å². The summed E-state index contributed by atoms with van der Waals surface area (Å²) in [5.41, 5.74) is 9.30. The summed E-state index contributed by atoms with van der Waals surface area (Å²) in [6.07, 6.45) is -0.765. The molecule has 1 amide bonds. The Balaban J connectivity index is 1.30. The summed E-state index contributed by atoms with van der Waals surface area (Å²) in [7, 11) is 0. The number of hydrogen-bond acceptors (Lipinski definition) is 7. The Kier molecular flexibility index (Phi) is 4.91. The van der Waals surface area contributed by atoms with Gasteiger partial charge in [-0.25, -0.2) is 4.39 Å². The molecule has 162 valence electrons. The lowest BCUT2D eigenvalue weighted by molar-refractivity contribution is 0.0113. The van der Waals surface area contributed by atoms with Crippen molar-refractivity contribution in [1.29, 1.82) is 0 Å². The number of aromatic nitrogens is 2. The minimum atomic E-state index is -0.765. The average molecular weight is 442 g/mol. The number of amides is 1. The van der Waals surface area contributed by atoms with Crippen LogP contribution in [0.25, 0.3) is 10.2 Å². The maximum absolute atomic E-state index is 13.2. The maximum Gasteiger partial charge on any atom is 0.266 e. The van der Waals surface area contributed by atoms with Crippen LogP contribution in [0.15, 0.2) is 24.3 Å². The molecule has 3 aromatic rings. The van der Waals surface area contributed by atoms with Crippen molar-refractivity contribution in [2.75, 3.05) is 31.9 Å². The minimum Gasteiger partial charge on any atom is -0.397 e. The van der Waals surface area contributed by atoms with Crippen molar-refractivity contribution in [2.24, 2.45) is 11.8 Å². The molecule has 0 bridgehead atoms. The second-order valence-electron chi connectivity index (χ2n) is 8.54. The van der Waals surface area contributed by atoms with Gasteiger partial charge in [0, 0.05) is 31.6 Å².